The molecule has 0 unspecified atom stereocenters. The first-order valence-electron chi connectivity index (χ1n) is 9.08. The van der Waals surface area contributed by atoms with Crippen LogP contribution < -0.4 is 0 Å². The monoisotopic (exact) mass is 334 g/mol. The Kier molecular flexibility index (Phi) is 4.54. The molecule has 0 radical (unpaired) electrons. The Morgan fingerprint density at radius 1 is 1.25 bits per heavy atom. The Morgan fingerprint density at radius 3 is 2.79 bits per heavy atom. The SMILES string of the molecule is Cn1nnc2c1CCN(C(=O)C1CCOCC1)[C@H]2COCC1CC1. The maximum absolute atomic E-state index is 13.0. The van der Waals surface area contributed by atoms with E-state index in [4.69, 9.17) is 9.47 Å². The van der Waals surface area contributed by atoms with E-state index in [0.717, 1.165) is 49.7 Å². The molecule has 1 aliphatic carbocycles. The lowest BCUT2D eigenvalue weighted by molar-refractivity contribution is -0.143. The largest absolute Gasteiger partial charge is 0.381 e. The summed E-state index contributed by atoms with van der Waals surface area (Å²) in [7, 11) is 1.92. The van der Waals surface area contributed by atoms with Crippen molar-refractivity contribution in [3.8, 4) is 0 Å². The molecule has 1 aromatic heterocycles. The second-order valence-electron chi connectivity index (χ2n) is 7.21. The third kappa shape index (κ3) is 3.19. The molecule has 4 rings (SSSR count). The van der Waals surface area contributed by atoms with Gasteiger partial charge < -0.3 is 14.4 Å². The maximum Gasteiger partial charge on any atom is 0.226 e. The van der Waals surface area contributed by atoms with Crippen molar-refractivity contribution in [2.75, 3.05) is 33.0 Å². The molecule has 1 atom stereocenters. The van der Waals surface area contributed by atoms with Gasteiger partial charge in [-0.05, 0) is 31.6 Å². The minimum absolute atomic E-state index is 0.0721. The third-order valence-corrected chi connectivity index (χ3v) is 5.43. The zero-order valence-electron chi connectivity index (χ0n) is 14.3. The van der Waals surface area contributed by atoms with Gasteiger partial charge in [-0.3, -0.25) is 9.48 Å². The van der Waals surface area contributed by atoms with E-state index in [2.05, 4.69) is 10.3 Å². The molecule has 7 nitrogen and oxygen atoms in total. The molecule has 3 heterocycles. The Balaban J connectivity index is 1.50. The van der Waals surface area contributed by atoms with Crippen molar-refractivity contribution in [2.45, 2.75) is 38.1 Å². The van der Waals surface area contributed by atoms with Crippen LogP contribution in [0.3, 0.4) is 0 Å². The van der Waals surface area contributed by atoms with Crippen LogP contribution in [0.4, 0.5) is 0 Å². The summed E-state index contributed by atoms with van der Waals surface area (Å²) in [5.74, 6) is 1.02. The molecule has 0 N–H and O–H groups in total. The molecular weight excluding hydrogens is 308 g/mol. The van der Waals surface area contributed by atoms with E-state index in [9.17, 15) is 4.79 Å². The van der Waals surface area contributed by atoms with Crippen molar-refractivity contribution in [1.82, 2.24) is 19.9 Å². The van der Waals surface area contributed by atoms with Crippen LogP contribution in [0.2, 0.25) is 0 Å². The lowest BCUT2D eigenvalue weighted by Gasteiger charge is -2.37. The highest BCUT2D eigenvalue weighted by Gasteiger charge is 2.38. The molecule has 1 saturated heterocycles. The van der Waals surface area contributed by atoms with Gasteiger partial charge in [0.25, 0.3) is 0 Å². The van der Waals surface area contributed by atoms with E-state index in [1.807, 2.05) is 16.6 Å². The lowest BCUT2D eigenvalue weighted by atomic mass is 9.95. The Bertz CT molecular complexity index is 593. The molecule has 1 saturated carbocycles. The van der Waals surface area contributed by atoms with Crippen LogP contribution in [0.15, 0.2) is 0 Å². The highest BCUT2D eigenvalue weighted by Crippen LogP contribution is 2.33. The van der Waals surface area contributed by atoms with E-state index >= 15 is 0 Å². The number of carbonyl (C=O) groups is 1. The summed E-state index contributed by atoms with van der Waals surface area (Å²) < 4.78 is 13.2. The third-order valence-electron chi connectivity index (χ3n) is 5.43. The maximum atomic E-state index is 13.0. The summed E-state index contributed by atoms with van der Waals surface area (Å²) in [6, 6.07) is -0.100. The summed E-state index contributed by atoms with van der Waals surface area (Å²) in [4.78, 5) is 15.0. The molecule has 24 heavy (non-hydrogen) atoms. The van der Waals surface area contributed by atoms with Gasteiger partial charge in [-0.1, -0.05) is 5.21 Å². The van der Waals surface area contributed by atoms with Crippen molar-refractivity contribution in [1.29, 1.82) is 0 Å². The second kappa shape index (κ2) is 6.80. The number of ether oxygens (including phenoxy) is 2. The van der Waals surface area contributed by atoms with Crippen LogP contribution in [0.1, 0.15) is 43.1 Å². The van der Waals surface area contributed by atoms with Crippen molar-refractivity contribution >= 4 is 5.91 Å². The zero-order valence-corrected chi connectivity index (χ0v) is 14.3. The topological polar surface area (TPSA) is 69.5 Å². The standard InChI is InChI=1S/C17H26N4O3/c1-20-14-4-7-21(17(22)13-5-8-23-9-6-13)15(16(14)18-19-20)11-24-10-12-2-3-12/h12-13,15H,2-11H2,1H3/t15-/m0/s1. The van der Waals surface area contributed by atoms with Crippen LogP contribution in [0.5, 0.6) is 0 Å². The van der Waals surface area contributed by atoms with Gasteiger partial charge >= 0.3 is 0 Å². The van der Waals surface area contributed by atoms with Gasteiger partial charge in [0.05, 0.1) is 12.3 Å². The number of carbonyl (C=O) groups excluding carboxylic acids is 1. The van der Waals surface area contributed by atoms with E-state index in [-0.39, 0.29) is 17.9 Å². The smallest absolute Gasteiger partial charge is 0.226 e. The molecule has 2 fully saturated rings. The molecule has 7 heteroatoms. The van der Waals surface area contributed by atoms with E-state index in [1.165, 1.54) is 12.8 Å². The van der Waals surface area contributed by atoms with E-state index < -0.39 is 0 Å². The van der Waals surface area contributed by atoms with E-state index in [1.54, 1.807) is 0 Å². The van der Waals surface area contributed by atoms with Crippen molar-refractivity contribution in [3.63, 3.8) is 0 Å². The minimum atomic E-state index is -0.100. The van der Waals surface area contributed by atoms with Crippen molar-refractivity contribution in [2.24, 2.45) is 18.9 Å². The van der Waals surface area contributed by atoms with Crippen LogP contribution >= 0.6 is 0 Å². The first-order chi connectivity index (χ1) is 11.7. The fourth-order valence-electron chi connectivity index (χ4n) is 3.71. The number of amides is 1. The minimum Gasteiger partial charge on any atom is -0.381 e. The van der Waals surface area contributed by atoms with E-state index in [0.29, 0.717) is 19.8 Å². The highest BCUT2D eigenvalue weighted by molar-refractivity contribution is 5.79. The quantitative estimate of drug-likeness (QED) is 0.806. The Hall–Kier alpha value is -1.47. The molecule has 0 bridgehead atoms. The van der Waals surface area contributed by atoms with Gasteiger partial charge in [0.15, 0.2) is 0 Å². The number of aromatic nitrogens is 3. The van der Waals surface area contributed by atoms with Gasteiger partial charge in [0.1, 0.15) is 11.7 Å². The second-order valence-corrected chi connectivity index (χ2v) is 7.21. The summed E-state index contributed by atoms with van der Waals surface area (Å²) in [6.07, 6.45) is 4.99. The molecule has 1 amide bonds. The first-order valence-corrected chi connectivity index (χ1v) is 9.08. The predicted octanol–water partition coefficient (Wildman–Crippen LogP) is 1.09. The van der Waals surface area contributed by atoms with Gasteiger partial charge in [-0.25, -0.2) is 0 Å². The molecule has 0 aromatic carbocycles. The summed E-state index contributed by atoms with van der Waals surface area (Å²) in [5.41, 5.74) is 2.05. The zero-order chi connectivity index (χ0) is 16.5. The van der Waals surface area contributed by atoms with Gasteiger partial charge in [-0.15, -0.1) is 5.10 Å². The molecule has 0 spiro atoms. The fraction of sp³-hybridized carbons (Fsp3) is 0.824. The number of hydrogen-bond donors (Lipinski definition) is 0. The molecule has 3 aliphatic rings. The molecule has 2 aliphatic heterocycles. The van der Waals surface area contributed by atoms with Crippen LogP contribution in [0, 0.1) is 11.8 Å². The Labute approximate surface area is 142 Å². The summed E-state index contributed by atoms with van der Waals surface area (Å²) >= 11 is 0. The normalized spacial score (nSPS) is 24.9. The molecule has 132 valence electrons. The fourth-order valence-corrected chi connectivity index (χ4v) is 3.71. The lowest BCUT2D eigenvalue weighted by Crippen LogP contribution is -2.46. The number of rotatable bonds is 5. The summed E-state index contributed by atoms with van der Waals surface area (Å²) in [6.45, 7) is 3.41. The highest BCUT2D eigenvalue weighted by atomic mass is 16.5. The van der Waals surface area contributed by atoms with Gasteiger partial charge in [0.2, 0.25) is 5.91 Å². The van der Waals surface area contributed by atoms with Crippen LogP contribution in [-0.4, -0.2) is 58.8 Å². The number of fused-ring (bicyclic) bond motifs is 1. The van der Waals surface area contributed by atoms with Crippen LogP contribution in [-0.2, 0) is 27.7 Å². The van der Waals surface area contributed by atoms with Gasteiger partial charge in [0, 0.05) is 45.8 Å². The average Bonchev–Trinajstić information content (AvgIpc) is 3.37. The average molecular weight is 334 g/mol. The summed E-state index contributed by atoms with van der Waals surface area (Å²) in [5, 5.41) is 8.51. The molecule has 1 aromatic rings. The Morgan fingerprint density at radius 2 is 2.04 bits per heavy atom. The van der Waals surface area contributed by atoms with Crippen LogP contribution in [0.25, 0.3) is 0 Å². The number of aryl methyl sites for hydroxylation is 1. The van der Waals surface area contributed by atoms with Gasteiger partial charge in [-0.2, -0.15) is 0 Å². The number of nitrogens with zero attached hydrogens (tertiary/aromatic N) is 4. The first kappa shape index (κ1) is 16.0. The van der Waals surface area contributed by atoms with Crippen molar-refractivity contribution < 1.29 is 14.3 Å². The predicted molar refractivity (Wildman–Crippen MR) is 86.2 cm³/mol. The van der Waals surface area contributed by atoms with Crippen molar-refractivity contribution in [3.05, 3.63) is 11.4 Å². The molecular formula is C17H26N4O3. The number of hydrogen-bond acceptors (Lipinski definition) is 5.